The molecule has 1 N–H and O–H groups in total. The van der Waals surface area contributed by atoms with Gasteiger partial charge in [-0.1, -0.05) is 15.9 Å². The highest BCUT2D eigenvalue weighted by molar-refractivity contribution is 9.10. The molecule has 0 aliphatic carbocycles. The van der Waals surface area contributed by atoms with E-state index in [1.54, 1.807) is 0 Å². The van der Waals surface area contributed by atoms with Crippen LogP contribution < -0.4 is 10.2 Å². The molecule has 1 aromatic carbocycles. The third kappa shape index (κ3) is 3.88. The van der Waals surface area contributed by atoms with Gasteiger partial charge in [0.25, 0.3) is 0 Å². The number of rotatable bonds is 2. The number of anilines is 1. The average molecular weight is 361 g/mol. The van der Waals surface area contributed by atoms with E-state index in [-0.39, 0.29) is 12.4 Å². The first-order chi connectivity index (χ1) is 9.33. The van der Waals surface area contributed by atoms with Crippen LogP contribution in [0.4, 0.5) is 5.69 Å². The van der Waals surface area contributed by atoms with Gasteiger partial charge < -0.3 is 10.2 Å². The minimum Gasteiger partial charge on any atom is -0.369 e. The molecule has 2 saturated heterocycles. The number of piperazine rings is 1. The van der Waals surface area contributed by atoms with Crippen molar-refractivity contribution in [2.24, 2.45) is 0 Å². The molecule has 0 atom stereocenters. The molecule has 2 aliphatic heterocycles. The SMILES string of the molecule is Brc1ccc(N2CCN(C3CCNCC3)CC2)cc1.Cl. The molecule has 112 valence electrons. The molecule has 3 rings (SSSR count). The van der Waals surface area contributed by atoms with E-state index >= 15 is 0 Å². The van der Waals surface area contributed by atoms with Crippen molar-refractivity contribution in [3.63, 3.8) is 0 Å². The lowest BCUT2D eigenvalue weighted by Crippen LogP contribution is -2.52. The Bertz CT molecular complexity index is 398. The van der Waals surface area contributed by atoms with Gasteiger partial charge >= 0.3 is 0 Å². The van der Waals surface area contributed by atoms with Crippen molar-refractivity contribution in [1.29, 1.82) is 0 Å². The predicted octanol–water partition coefficient (Wildman–Crippen LogP) is 2.74. The summed E-state index contributed by atoms with van der Waals surface area (Å²) in [5, 5.41) is 3.45. The number of halogens is 2. The maximum absolute atomic E-state index is 3.50. The Morgan fingerprint density at radius 3 is 2.15 bits per heavy atom. The van der Waals surface area contributed by atoms with Crippen molar-refractivity contribution in [3.8, 4) is 0 Å². The number of piperidine rings is 1. The lowest BCUT2D eigenvalue weighted by Gasteiger charge is -2.41. The Kier molecular flexibility index (Phi) is 6.15. The topological polar surface area (TPSA) is 18.5 Å². The molecule has 2 aliphatic rings. The van der Waals surface area contributed by atoms with Crippen molar-refractivity contribution < 1.29 is 0 Å². The summed E-state index contributed by atoms with van der Waals surface area (Å²) in [7, 11) is 0. The molecule has 2 heterocycles. The summed E-state index contributed by atoms with van der Waals surface area (Å²) in [5.41, 5.74) is 1.35. The molecule has 0 amide bonds. The first-order valence-corrected chi connectivity index (χ1v) is 8.07. The van der Waals surface area contributed by atoms with Crippen molar-refractivity contribution in [2.45, 2.75) is 18.9 Å². The van der Waals surface area contributed by atoms with Crippen LogP contribution in [0.15, 0.2) is 28.7 Å². The second kappa shape index (κ2) is 7.64. The number of hydrogen-bond acceptors (Lipinski definition) is 3. The van der Waals surface area contributed by atoms with E-state index in [0.29, 0.717) is 0 Å². The molecule has 1 aromatic rings. The smallest absolute Gasteiger partial charge is 0.0367 e. The second-order valence-electron chi connectivity index (χ2n) is 5.48. The number of benzene rings is 1. The van der Waals surface area contributed by atoms with Crippen LogP contribution in [0.2, 0.25) is 0 Å². The standard InChI is InChI=1S/C15H22BrN3.ClH/c16-13-1-3-14(4-2-13)18-9-11-19(12-10-18)15-5-7-17-8-6-15;/h1-4,15,17H,5-12H2;1H. The lowest BCUT2D eigenvalue weighted by atomic mass is 10.0. The summed E-state index contributed by atoms with van der Waals surface area (Å²) in [6.07, 6.45) is 2.64. The molecule has 0 aromatic heterocycles. The van der Waals surface area contributed by atoms with Gasteiger partial charge in [-0.15, -0.1) is 12.4 Å². The normalized spacial score (nSPS) is 21.6. The fraction of sp³-hybridized carbons (Fsp3) is 0.600. The molecule has 2 fully saturated rings. The molecule has 20 heavy (non-hydrogen) atoms. The summed E-state index contributed by atoms with van der Waals surface area (Å²) in [6.45, 7) is 7.12. The van der Waals surface area contributed by atoms with Crippen LogP contribution >= 0.6 is 28.3 Å². The van der Waals surface area contributed by atoms with Gasteiger partial charge in [-0.05, 0) is 50.2 Å². The first kappa shape index (κ1) is 16.1. The van der Waals surface area contributed by atoms with Crippen LogP contribution in [0.5, 0.6) is 0 Å². The van der Waals surface area contributed by atoms with E-state index in [2.05, 4.69) is 55.3 Å². The van der Waals surface area contributed by atoms with Gasteiger partial charge in [-0.3, -0.25) is 4.90 Å². The predicted molar refractivity (Wildman–Crippen MR) is 91.1 cm³/mol. The highest BCUT2D eigenvalue weighted by Crippen LogP contribution is 2.21. The summed E-state index contributed by atoms with van der Waals surface area (Å²) in [6, 6.07) is 9.51. The van der Waals surface area contributed by atoms with Gasteiger partial charge in [0, 0.05) is 42.4 Å². The first-order valence-electron chi connectivity index (χ1n) is 7.28. The quantitative estimate of drug-likeness (QED) is 0.875. The maximum Gasteiger partial charge on any atom is 0.0367 e. The summed E-state index contributed by atoms with van der Waals surface area (Å²) < 4.78 is 1.16. The van der Waals surface area contributed by atoms with Crippen LogP contribution in [-0.4, -0.2) is 50.2 Å². The Hall–Kier alpha value is -0.290. The Morgan fingerprint density at radius 1 is 0.950 bits per heavy atom. The lowest BCUT2D eigenvalue weighted by molar-refractivity contribution is 0.153. The van der Waals surface area contributed by atoms with Gasteiger partial charge in [0.05, 0.1) is 0 Å². The fourth-order valence-corrected chi connectivity index (χ4v) is 3.43. The third-order valence-corrected chi connectivity index (χ3v) is 4.86. The highest BCUT2D eigenvalue weighted by atomic mass is 79.9. The molecular weight excluding hydrogens is 338 g/mol. The van der Waals surface area contributed by atoms with E-state index in [0.717, 1.165) is 23.6 Å². The van der Waals surface area contributed by atoms with Gasteiger partial charge in [0.1, 0.15) is 0 Å². The number of hydrogen-bond donors (Lipinski definition) is 1. The van der Waals surface area contributed by atoms with Crippen LogP contribution in [0, 0.1) is 0 Å². The highest BCUT2D eigenvalue weighted by Gasteiger charge is 2.24. The minimum absolute atomic E-state index is 0. The second-order valence-corrected chi connectivity index (χ2v) is 6.40. The van der Waals surface area contributed by atoms with Crippen molar-refractivity contribution in [2.75, 3.05) is 44.2 Å². The van der Waals surface area contributed by atoms with Gasteiger partial charge in [-0.25, -0.2) is 0 Å². The molecule has 0 unspecified atom stereocenters. The van der Waals surface area contributed by atoms with Crippen LogP contribution in [-0.2, 0) is 0 Å². The van der Waals surface area contributed by atoms with Crippen molar-refractivity contribution in [1.82, 2.24) is 10.2 Å². The summed E-state index contributed by atoms with van der Waals surface area (Å²) in [4.78, 5) is 5.19. The molecule has 0 bridgehead atoms. The Morgan fingerprint density at radius 2 is 1.55 bits per heavy atom. The van der Waals surface area contributed by atoms with Gasteiger partial charge in [0.2, 0.25) is 0 Å². The van der Waals surface area contributed by atoms with Crippen molar-refractivity contribution in [3.05, 3.63) is 28.7 Å². The van der Waals surface area contributed by atoms with E-state index in [9.17, 15) is 0 Å². The molecule has 0 saturated carbocycles. The maximum atomic E-state index is 3.50. The molecule has 0 spiro atoms. The fourth-order valence-electron chi connectivity index (χ4n) is 3.17. The van der Waals surface area contributed by atoms with Crippen LogP contribution in [0.3, 0.4) is 0 Å². The van der Waals surface area contributed by atoms with E-state index < -0.39 is 0 Å². The molecule has 3 nitrogen and oxygen atoms in total. The van der Waals surface area contributed by atoms with Crippen LogP contribution in [0.1, 0.15) is 12.8 Å². The van der Waals surface area contributed by atoms with E-state index in [1.165, 1.54) is 44.7 Å². The zero-order valence-electron chi connectivity index (χ0n) is 11.7. The third-order valence-electron chi connectivity index (χ3n) is 4.33. The molecular formula is C15H23BrClN3. The Balaban J connectivity index is 0.00000147. The van der Waals surface area contributed by atoms with Gasteiger partial charge in [-0.2, -0.15) is 0 Å². The van der Waals surface area contributed by atoms with Crippen molar-refractivity contribution >= 4 is 34.0 Å². The largest absolute Gasteiger partial charge is 0.369 e. The molecule has 5 heteroatoms. The number of nitrogens with zero attached hydrogens (tertiary/aromatic N) is 2. The molecule has 0 radical (unpaired) electrons. The zero-order valence-corrected chi connectivity index (χ0v) is 14.1. The van der Waals surface area contributed by atoms with E-state index in [4.69, 9.17) is 0 Å². The van der Waals surface area contributed by atoms with Gasteiger partial charge in [0.15, 0.2) is 0 Å². The van der Waals surface area contributed by atoms with E-state index in [1.807, 2.05) is 0 Å². The average Bonchev–Trinajstić information content (AvgIpc) is 2.49. The monoisotopic (exact) mass is 359 g/mol. The zero-order chi connectivity index (χ0) is 13.1. The minimum atomic E-state index is 0. The van der Waals surface area contributed by atoms with Crippen LogP contribution in [0.25, 0.3) is 0 Å². The Labute approximate surface area is 136 Å². The summed E-state index contributed by atoms with van der Waals surface area (Å²) >= 11 is 3.50. The number of nitrogens with one attached hydrogen (secondary N) is 1. The summed E-state index contributed by atoms with van der Waals surface area (Å²) in [5.74, 6) is 0.